The molecule has 0 saturated carbocycles. The zero-order valence-corrected chi connectivity index (χ0v) is 13.9. The molecule has 2 aromatic rings. The molecule has 7 heteroatoms. The van der Waals surface area contributed by atoms with Crippen LogP contribution >= 0.6 is 0 Å². The predicted octanol–water partition coefficient (Wildman–Crippen LogP) is 3.62. The number of hydrogen-bond donors (Lipinski definition) is 1. The van der Waals surface area contributed by atoms with Gasteiger partial charge in [0.2, 0.25) is 0 Å². The lowest BCUT2D eigenvalue weighted by Crippen LogP contribution is -2.42. The van der Waals surface area contributed by atoms with Gasteiger partial charge in [0.15, 0.2) is 6.10 Å². The summed E-state index contributed by atoms with van der Waals surface area (Å²) < 4.78 is 43.4. The molecular weight excluding hydrogens is 333 g/mol. The van der Waals surface area contributed by atoms with Gasteiger partial charge in [-0.2, -0.15) is 13.2 Å². The van der Waals surface area contributed by atoms with E-state index in [0.29, 0.717) is 6.42 Å². The van der Waals surface area contributed by atoms with E-state index in [1.165, 1.54) is 19.1 Å². The van der Waals surface area contributed by atoms with Gasteiger partial charge in [0.1, 0.15) is 5.75 Å². The molecule has 134 valence electrons. The number of rotatable bonds is 6. The number of halogens is 3. The minimum Gasteiger partial charge on any atom is -0.481 e. The Labute approximate surface area is 144 Å². The summed E-state index contributed by atoms with van der Waals surface area (Å²) in [5.41, 5.74) is 0.0166. The van der Waals surface area contributed by atoms with Crippen LogP contribution in [0.5, 0.6) is 5.75 Å². The molecule has 1 aromatic heterocycles. The van der Waals surface area contributed by atoms with Crippen molar-refractivity contribution < 1.29 is 22.7 Å². The highest BCUT2D eigenvalue weighted by Crippen LogP contribution is 2.31. The lowest BCUT2D eigenvalue weighted by Gasteiger charge is -2.19. The molecule has 4 nitrogen and oxygen atoms in total. The van der Waals surface area contributed by atoms with Crippen LogP contribution in [0.25, 0.3) is 0 Å². The number of carbonyl (C=O) groups excluding carboxylic acids is 1. The number of benzene rings is 1. The molecule has 25 heavy (non-hydrogen) atoms. The van der Waals surface area contributed by atoms with Crippen LogP contribution in [0.4, 0.5) is 13.2 Å². The highest BCUT2D eigenvalue weighted by Gasteiger charge is 2.31. The van der Waals surface area contributed by atoms with E-state index in [1.807, 2.05) is 19.1 Å². The smallest absolute Gasteiger partial charge is 0.416 e. The van der Waals surface area contributed by atoms with Crippen molar-refractivity contribution in [2.75, 3.05) is 0 Å². The quantitative estimate of drug-likeness (QED) is 0.864. The summed E-state index contributed by atoms with van der Waals surface area (Å²) in [7, 11) is 0. The molecule has 0 saturated heterocycles. The summed E-state index contributed by atoms with van der Waals surface area (Å²) in [4.78, 5) is 16.3. The molecule has 1 N–H and O–H groups in total. The molecule has 0 radical (unpaired) electrons. The third kappa shape index (κ3) is 5.77. The topological polar surface area (TPSA) is 51.2 Å². The van der Waals surface area contributed by atoms with E-state index in [0.717, 1.165) is 17.8 Å². The van der Waals surface area contributed by atoms with Gasteiger partial charge in [-0.1, -0.05) is 12.1 Å². The molecule has 0 aliphatic heterocycles. The second-order valence-corrected chi connectivity index (χ2v) is 5.72. The van der Waals surface area contributed by atoms with Crippen LogP contribution in [0.15, 0.2) is 48.7 Å². The van der Waals surface area contributed by atoms with Crippen molar-refractivity contribution in [2.24, 2.45) is 0 Å². The molecule has 0 aliphatic carbocycles. The number of aromatic nitrogens is 1. The maximum absolute atomic E-state index is 12.7. The van der Waals surface area contributed by atoms with E-state index < -0.39 is 23.8 Å². The Morgan fingerprint density at radius 1 is 1.20 bits per heavy atom. The molecular formula is C18H19F3N2O2. The van der Waals surface area contributed by atoms with Crippen molar-refractivity contribution >= 4 is 5.91 Å². The van der Waals surface area contributed by atoms with E-state index in [1.54, 1.807) is 12.3 Å². The zero-order chi connectivity index (χ0) is 18.4. The molecule has 0 unspecified atom stereocenters. The van der Waals surface area contributed by atoms with Crippen molar-refractivity contribution in [3.63, 3.8) is 0 Å². The number of pyridine rings is 1. The van der Waals surface area contributed by atoms with Gasteiger partial charge in [-0.25, -0.2) is 0 Å². The fraction of sp³-hybridized carbons (Fsp3) is 0.333. The van der Waals surface area contributed by atoms with Crippen molar-refractivity contribution in [3.05, 3.63) is 59.9 Å². The van der Waals surface area contributed by atoms with Gasteiger partial charge in [0.25, 0.3) is 5.91 Å². The van der Waals surface area contributed by atoms with Crippen LogP contribution in [0, 0.1) is 0 Å². The van der Waals surface area contributed by atoms with Gasteiger partial charge in [0.05, 0.1) is 5.56 Å². The lowest BCUT2D eigenvalue weighted by atomic mass is 10.1. The monoisotopic (exact) mass is 352 g/mol. The maximum Gasteiger partial charge on any atom is 0.416 e. The van der Waals surface area contributed by atoms with Crippen molar-refractivity contribution in [1.29, 1.82) is 0 Å². The maximum atomic E-state index is 12.7. The summed E-state index contributed by atoms with van der Waals surface area (Å²) in [5.74, 6) is -0.407. The van der Waals surface area contributed by atoms with Crippen molar-refractivity contribution in [2.45, 2.75) is 38.6 Å². The number of nitrogens with one attached hydrogen (secondary N) is 1. The summed E-state index contributed by atoms with van der Waals surface area (Å²) in [6.07, 6.45) is -3.16. The molecule has 2 atom stereocenters. The first-order valence-corrected chi connectivity index (χ1v) is 7.80. The summed E-state index contributed by atoms with van der Waals surface area (Å²) in [6.45, 7) is 3.31. The predicted molar refractivity (Wildman–Crippen MR) is 87.1 cm³/mol. The SMILES string of the molecule is C[C@H](Oc1cccc(C(F)(F)F)c1)C(=O)N[C@@H](C)Cc1ccccn1. The highest BCUT2D eigenvalue weighted by molar-refractivity contribution is 5.81. The van der Waals surface area contributed by atoms with E-state index in [-0.39, 0.29) is 11.8 Å². The van der Waals surface area contributed by atoms with E-state index in [2.05, 4.69) is 10.3 Å². The fourth-order valence-corrected chi connectivity index (χ4v) is 2.25. The van der Waals surface area contributed by atoms with Crippen LogP contribution in [0.1, 0.15) is 25.1 Å². The Kier molecular flexibility index (Phi) is 6.01. The third-order valence-corrected chi connectivity index (χ3v) is 3.47. The first kappa shape index (κ1) is 18.8. The van der Waals surface area contributed by atoms with Crippen LogP contribution < -0.4 is 10.1 Å². The molecule has 0 fully saturated rings. The van der Waals surface area contributed by atoms with E-state index >= 15 is 0 Å². The van der Waals surface area contributed by atoms with Gasteiger partial charge < -0.3 is 10.1 Å². The average Bonchev–Trinajstić information content (AvgIpc) is 2.55. The van der Waals surface area contributed by atoms with E-state index in [9.17, 15) is 18.0 Å². The highest BCUT2D eigenvalue weighted by atomic mass is 19.4. The molecule has 0 bridgehead atoms. The average molecular weight is 352 g/mol. The Bertz CT molecular complexity index is 705. The minimum absolute atomic E-state index is 0.00476. The van der Waals surface area contributed by atoms with Crippen LogP contribution in [0.2, 0.25) is 0 Å². The van der Waals surface area contributed by atoms with Gasteiger partial charge >= 0.3 is 6.18 Å². The molecule has 1 heterocycles. The normalized spacial score (nSPS) is 13.8. The standard InChI is InChI=1S/C18H19F3N2O2/c1-12(10-15-7-3-4-9-22-15)23-17(24)13(2)25-16-8-5-6-14(11-16)18(19,20)21/h3-9,11-13H,10H2,1-2H3,(H,23,24)/t12-,13-/m0/s1. The number of alkyl halides is 3. The van der Waals surface area contributed by atoms with Crippen molar-refractivity contribution in [1.82, 2.24) is 10.3 Å². The Morgan fingerprint density at radius 2 is 1.96 bits per heavy atom. The number of amides is 1. The molecule has 0 aliphatic rings. The number of ether oxygens (including phenoxy) is 1. The molecule has 2 rings (SSSR count). The number of nitrogens with zero attached hydrogens (tertiary/aromatic N) is 1. The number of hydrogen-bond acceptors (Lipinski definition) is 3. The van der Waals surface area contributed by atoms with Gasteiger partial charge in [-0.3, -0.25) is 9.78 Å². The lowest BCUT2D eigenvalue weighted by molar-refractivity contribution is -0.137. The summed E-state index contributed by atoms with van der Waals surface area (Å²) in [6, 6.07) is 9.78. The summed E-state index contributed by atoms with van der Waals surface area (Å²) >= 11 is 0. The molecule has 1 aromatic carbocycles. The molecule has 0 spiro atoms. The van der Waals surface area contributed by atoms with Crippen molar-refractivity contribution in [3.8, 4) is 5.75 Å². The Hall–Kier alpha value is -2.57. The summed E-state index contributed by atoms with van der Waals surface area (Å²) in [5, 5.41) is 2.77. The first-order chi connectivity index (χ1) is 11.8. The van der Waals surface area contributed by atoms with E-state index in [4.69, 9.17) is 4.74 Å². The third-order valence-electron chi connectivity index (χ3n) is 3.47. The van der Waals surface area contributed by atoms with Crippen LogP contribution in [-0.4, -0.2) is 23.0 Å². The van der Waals surface area contributed by atoms with Gasteiger partial charge in [0, 0.05) is 24.4 Å². The Balaban J connectivity index is 1.92. The molecule has 1 amide bonds. The van der Waals surface area contributed by atoms with Gasteiger partial charge in [-0.15, -0.1) is 0 Å². The number of carbonyl (C=O) groups is 1. The second-order valence-electron chi connectivity index (χ2n) is 5.72. The second kappa shape index (κ2) is 8.00. The largest absolute Gasteiger partial charge is 0.481 e. The van der Waals surface area contributed by atoms with Crippen LogP contribution in [-0.2, 0) is 17.4 Å². The Morgan fingerprint density at radius 3 is 2.60 bits per heavy atom. The first-order valence-electron chi connectivity index (χ1n) is 7.80. The van der Waals surface area contributed by atoms with Crippen LogP contribution in [0.3, 0.4) is 0 Å². The zero-order valence-electron chi connectivity index (χ0n) is 13.9. The van der Waals surface area contributed by atoms with Gasteiger partial charge in [-0.05, 0) is 44.2 Å². The fourth-order valence-electron chi connectivity index (χ4n) is 2.25. The minimum atomic E-state index is -4.46.